The number of ether oxygens (including phenoxy) is 1. The summed E-state index contributed by atoms with van der Waals surface area (Å²) in [5.41, 5.74) is 3.29. The largest absolute Gasteiger partial charge is 0.494 e. The second-order valence-electron chi connectivity index (χ2n) is 6.55. The zero-order chi connectivity index (χ0) is 20.2. The number of hydrogen-bond acceptors (Lipinski definition) is 4. The molecule has 0 saturated carbocycles. The molecule has 146 valence electrons. The van der Waals surface area contributed by atoms with E-state index in [1.54, 1.807) is 23.5 Å². The molecule has 6 heteroatoms. The Balaban J connectivity index is 1.48. The lowest BCUT2D eigenvalue weighted by atomic mass is 10.1. The number of aromatic nitrogens is 1. The highest BCUT2D eigenvalue weighted by molar-refractivity contribution is 7.21. The number of nitrogens with one attached hydrogen (secondary N) is 1. The van der Waals surface area contributed by atoms with E-state index in [-0.39, 0.29) is 18.1 Å². The average molecular weight is 406 g/mol. The first-order chi connectivity index (χ1) is 14.1. The maximum atomic E-state index is 13.8. The Labute approximate surface area is 172 Å². The monoisotopic (exact) mass is 406 g/mol. The van der Waals surface area contributed by atoms with Gasteiger partial charge in [0.1, 0.15) is 5.01 Å². The molecule has 0 unspecified atom stereocenters. The van der Waals surface area contributed by atoms with Crippen molar-refractivity contribution in [3.05, 3.63) is 78.1 Å². The van der Waals surface area contributed by atoms with E-state index in [2.05, 4.69) is 10.3 Å². The van der Waals surface area contributed by atoms with Gasteiger partial charge in [0.25, 0.3) is 0 Å². The molecule has 4 rings (SSSR count). The Kier molecular flexibility index (Phi) is 5.53. The summed E-state index contributed by atoms with van der Waals surface area (Å²) >= 11 is 1.59. The Bertz CT molecular complexity index is 1140. The van der Waals surface area contributed by atoms with Crippen LogP contribution in [0.5, 0.6) is 5.75 Å². The van der Waals surface area contributed by atoms with Crippen molar-refractivity contribution in [2.45, 2.75) is 12.8 Å². The van der Waals surface area contributed by atoms with Gasteiger partial charge in [-0.1, -0.05) is 30.3 Å². The van der Waals surface area contributed by atoms with Crippen LogP contribution in [0.4, 0.5) is 10.1 Å². The summed E-state index contributed by atoms with van der Waals surface area (Å²) in [6.45, 7) is 0. The molecular weight excluding hydrogens is 387 g/mol. The first-order valence-corrected chi connectivity index (χ1v) is 10.0. The number of rotatable bonds is 6. The van der Waals surface area contributed by atoms with Gasteiger partial charge in [-0.05, 0) is 48.4 Å². The summed E-state index contributed by atoms with van der Waals surface area (Å²) in [5.74, 6) is -0.357. The molecule has 1 amide bonds. The van der Waals surface area contributed by atoms with Gasteiger partial charge in [0.2, 0.25) is 5.91 Å². The minimum atomic E-state index is -0.424. The van der Waals surface area contributed by atoms with Crippen molar-refractivity contribution >= 4 is 33.1 Å². The van der Waals surface area contributed by atoms with E-state index in [4.69, 9.17) is 4.74 Å². The van der Waals surface area contributed by atoms with Gasteiger partial charge >= 0.3 is 0 Å². The predicted molar refractivity (Wildman–Crippen MR) is 115 cm³/mol. The second kappa shape index (κ2) is 8.41. The Morgan fingerprint density at radius 2 is 1.90 bits per heavy atom. The van der Waals surface area contributed by atoms with Gasteiger partial charge in [0, 0.05) is 12.0 Å². The van der Waals surface area contributed by atoms with Crippen LogP contribution in [0.25, 0.3) is 20.8 Å². The van der Waals surface area contributed by atoms with Crippen LogP contribution in [0.3, 0.4) is 0 Å². The fraction of sp³-hybridized carbons (Fsp3) is 0.130. The first kappa shape index (κ1) is 19.1. The minimum absolute atomic E-state index is 0.130. The van der Waals surface area contributed by atoms with Crippen molar-refractivity contribution < 1.29 is 13.9 Å². The molecular formula is C23H19FN2O2S. The number of methoxy groups -OCH3 is 1. The lowest BCUT2D eigenvalue weighted by molar-refractivity contribution is -0.116. The van der Waals surface area contributed by atoms with Crippen LogP contribution in [0.1, 0.15) is 12.0 Å². The van der Waals surface area contributed by atoms with Crippen molar-refractivity contribution in [3.8, 4) is 16.3 Å². The van der Waals surface area contributed by atoms with Crippen LogP contribution in [0.2, 0.25) is 0 Å². The number of para-hydroxylation sites is 2. The highest BCUT2D eigenvalue weighted by Crippen LogP contribution is 2.34. The molecule has 1 aromatic heterocycles. The number of nitrogens with zero attached hydrogens (tertiary/aromatic N) is 1. The number of carbonyl (C=O) groups is 1. The smallest absolute Gasteiger partial charge is 0.224 e. The molecule has 1 heterocycles. The molecule has 0 aliphatic heterocycles. The highest BCUT2D eigenvalue weighted by Gasteiger charge is 2.13. The van der Waals surface area contributed by atoms with Crippen molar-refractivity contribution in [3.63, 3.8) is 0 Å². The Hall–Kier alpha value is -3.25. The lowest BCUT2D eigenvalue weighted by Crippen LogP contribution is -2.13. The van der Waals surface area contributed by atoms with E-state index in [0.717, 1.165) is 32.0 Å². The number of thiazole rings is 1. The van der Waals surface area contributed by atoms with Crippen molar-refractivity contribution in [2.75, 3.05) is 12.4 Å². The average Bonchev–Trinajstić information content (AvgIpc) is 3.17. The molecule has 0 saturated heterocycles. The van der Waals surface area contributed by atoms with Crippen molar-refractivity contribution in [2.24, 2.45) is 0 Å². The summed E-state index contributed by atoms with van der Waals surface area (Å²) < 4.78 is 19.8. The number of anilines is 1. The molecule has 0 bridgehead atoms. The van der Waals surface area contributed by atoms with Crippen molar-refractivity contribution in [1.29, 1.82) is 0 Å². The van der Waals surface area contributed by atoms with E-state index in [0.29, 0.717) is 6.42 Å². The van der Waals surface area contributed by atoms with Crippen LogP contribution in [-0.4, -0.2) is 18.0 Å². The summed E-state index contributed by atoms with van der Waals surface area (Å²) in [6, 6.07) is 20.3. The zero-order valence-corrected chi connectivity index (χ0v) is 16.6. The van der Waals surface area contributed by atoms with Gasteiger partial charge in [-0.3, -0.25) is 4.79 Å². The molecule has 4 aromatic rings. The van der Waals surface area contributed by atoms with Gasteiger partial charge in [-0.15, -0.1) is 11.3 Å². The molecule has 0 spiro atoms. The topological polar surface area (TPSA) is 51.2 Å². The molecule has 3 aromatic carbocycles. The van der Waals surface area contributed by atoms with Gasteiger partial charge < -0.3 is 10.1 Å². The standard InChI is InChI=1S/C23H19FN2O2S/c1-28-20-12-10-15(14-17(20)24)11-13-22(27)25-18-7-3-2-6-16(18)23-26-19-8-4-5-9-21(19)29-23/h2-10,12,14H,11,13H2,1H3,(H,25,27). The van der Waals surface area contributed by atoms with Gasteiger partial charge in [-0.25, -0.2) is 9.37 Å². The normalized spacial score (nSPS) is 10.8. The fourth-order valence-electron chi connectivity index (χ4n) is 3.10. The van der Waals surface area contributed by atoms with Crippen LogP contribution in [0, 0.1) is 5.82 Å². The molecule has 4 nitrogen and oxygen atoms in total. The van der Waals surface area contributed by atoms with Crippen LogP contribution in [-0.2, 0) is 11.2 Å². The summed E-state index contributed by atoms with van der Waals surface area (Å²) in [4.78, 5) is 17.2. The highest BCUT2D eigenvalue weighted by atomic mass is 32.1. The lowest BCUT2D eigenvalue weighted by Gasteiger charge is -2.10. The molecule has 0 atom stereocenters. The van der Waals surface area contributed by atoms with E-state index in [1.807, 2.05) is 48.5 Å². The molecule has 1 N–H and O–H groups in total. The molecule has 29 heavy (non-hydrogen) atoms. The third-order valence-corrected chi connectivity index (χ3v) is 5.65. The first-order valence-electron chi connectivity index (χ1n) is 9.21. The van der Waals surface area contributed by atoms with Crippen LogP contribution < -0.4 is 10.1 Å². The number of carbonyl (C=O) groups excluding carboxylic acids is 1. The summed E-state index contributed by atoms with van der Waals surface area (Å²) in [7, 11) is 1.43. The van der Waals surface area contributed by atoms with Crippen LogP contribution >= 0.6 is 11.3 Å². The SMILES string of the molecule is COc1ccc(CCC(=O)Nc2ccccc2-c2nc3ccccc3s2)cc1F. The third-order valence-electron chi connectivity index (χ3n) is 4.58. The fourth-order valence-corrected chi connectivity index (χ4v) is 4.11. The number of benzene rings is 3. The molecule has 0 radical (unpaired) electrons. The number of fused-ring (bicyclic) bond motifs is 1. The van der Waals surface area contributed by atoms with E-state index in [1.165, 1.54) is 13.2 Å². The number of halogens is 1. The van der Waals surface area contributed by atoms with E-state index < -0.39 is 5.82 Å². The Morgan fingerprint density at radius 1 is 1.10 bits per heavy atom. The Morgan fingerprint density at radius 3 is 2.69 bits per heavy atom. The molecule has 0 aliphatic rings. The quantitative estimate of drug-likeness (QED) is 0.448. The second-order valence-corrected chi connectivity index (χ2v) is 7.58. The molecule has 0 aliphatic carbocycles. The number of hydrogen-bond donors (Lipinski definition) is 1. The number of amides is 1. The van der Waals surface area contributed by atoms with Gasteiger partial charge in [0.15, 0.2) is 11.6 Å². The maximum absolute atomic E-state index is 13.8. The predicted octanol–water partition coefficient (Wildman–Crippen LogP) is 5.68. The van der Waals surface area contributed by atoms with Gasteiger partial charge in [-0.2, -0.15) is 0 Å². The summed E-state index contributed by atoms with van der Waals surface area (Å²) in [5, 5.41) is 3.83. The third kappa shape index (κ3) is 4.27. The van der Waals surface area contributed by atoms with Gasteiger partial charge in [0.05, 0.1) is 23.0 Å². The zero-order valence-electron chi connectivity index (χ0n) is 15.8. The van der Waals surface area contributed by atoms with Crippen LogP contribution in [0.15, 0.2) is 66.7 Å². The van der Waals surface area contributed by atoms with E-state index in [9.17, 15) is 9.18 Å². The number of aryl methyl sites for hydroxylation is 1. The maximum Gasteiger partial charge on any atom is 0.224 e. The van der Waals surface area contributed by atoms with E-state index >= 15 is 0 Å². The van der Waals surface area contributed by atoms with Crippen molar-refractivity contribution in [1.82, 2.24) is 4.98 Å². The minimum Gasteiger partial charge on any atom is -0.494 e. The molecule has 0 fully saturated rings. The summed E-state index contributed by atoms with van der Waals surface area (Å²) in [6.07, 6.45) is 0.690.